The molecule has 2 aromatic carbocycles. The van der Waals surface area contributed by atoms with Gasteiger partial charge < -0.3 is 10.2 Å². The molecule has 7 nitrogen and oxygen atoms in total. The molecule has 30 heavy (non-hydrogen) atoms. The first-order valence-electron chi connectivity index (χ1n) is 9.01. The summed E-state index contributed by atoms with van der Waals surface area (Å²) in [4.78, 5) is 26.8. The molecule has 162 valence electrons. The van der Waals surface area contributed by atoms with Crippen LogP contribution in [0.15, 0.2) is 57.5 Å². The van der Waals surface area contributed by atoms with Crippen LogP contribution in [-0.4, -0.2) is 51.0 Å². The second-order valence-electron chi connectivity index (χ2n) is 6.69. The maximum Gasteiger partial charge on any atom is 0.244 e. The zero-order chi connectivity index (χ0) is 22.5. The molecule has 0 fully saturated rings. The summed E-state index contributed by atoms with van der Waals surface area (Å²) in [6, 6.07) is 13.3. The molecule has 0 radical (unpaired) electrons. The van der Waals surface area contributed by atoms with Crippen LogP contribution < -0.4 is 9.62 Å². The molecule has 1 N–H and O–H groups in total. The number of anilines is 1. The van der Waals surface area contributed by atoms with E-state index in [2.05, 4.69) is 37.2 Å². The van der Waals surface area contributed by atoms with Crippen LogP contribution >= 0.6 is 31.9 Å². The summed E-state index contributed by atoms with van der Waals surface area (Å²) in [7, 11) is -2.24. The summed E-state index contributed by atoms with van der Waals surface area (Å²) in [6.07, 6.45) is 1.04. The number of carbonyl (C=O) groups is 2. The van der Waals surface area contributed by atoms with Crippen LogP contribution in [0.3, 0.4) is 0 Å². The standard InChI is InChI=1S/C20H23Br2N3O4S/c1-14(20(27)23-2)24(12-15-7-9-16(21)10-8-15)19(26)13-25(30(3,28)29)18-6-4-5-17(22)11-18/h4-11,14H,12-13H2,1-3H3,(H,23,27)/t14-/m1/s1. The molecule has 0 bridgehead atoms. The summed E-state index contributed by atoms with van der Waals surface area (Å²) < 4.78 is 27.4. The molecule has 10 heteroatoms. The number of hydrogen-bond acceptors (Lipinski definition) is 4. The zero-order valence-electron chi connectivity index (χ0n) is 16.8. The summed E-state index contributed by atoms with van der Waals surface area (Å²) in [5.41, 5.74) is 1.17. The van der Waals surface area contributed by atoms with Crippen molar-refractivity contribution in [2.45, 2.75) is 19.5 Å². The molecule has 0 saturated carbocycles. The monoisotopic (exact) mass is 559 g/mol. The van der Waals surface area contributed by atoms with Crippen LogP contribution in [-0.2, 0) is 26.2 Å². The van der Waals surface area contributed by atoms with Crippen molar-refractivity contribution in [3.05, 3.63) is 63.0 Å². The van der Waals surface area contributed by atoms with Gasteiger partial charge in [-0.3, -0.25) is 13.9 Å². The van der Waals surface area contributed by atoms with Crippen LogP contribution in [0.4, 0.5) is 5.69 Å². The van der Waals surface area contributed by atoms with Crippen LogP contribution in [0.25, 0.3) is 0 Å². The molecule has 1 atom stereocenters. The van der Waals surface area contributed by atoms with E-state index >= 15 is 0 Å². The van der Waals surface area contributed by atoms with Crippen molar-refractivity contribution in [1.29, 1.82) is 0 Å². The van der Waals surface area contributed by atoms with Crippen molar-refractivity contribution >= 4 is 59.4 Å². The molecular formula is C20H23Br2N3O4S. The number of hydrogen-bond donors (Lipinski definition) is 1. The normalized spacial score (nSPS) is 12.2. The number of carbonyl (C=O) groups excluding carboxylic acids is 2. The van der Waals surface area contributed by atoms with Gasteiger partial charge in [-0.25, -0.2) is 8.42 Å². The van der Waals surface area contributed by atoms with Crippen molar-refractivity contribution in [2.75, 3.05) is 24.2 Å². The predicted octanol–water partition coefficient (Wildman–Crippen LogP) is 3.14. The fraction of sp³-hybridized carbons (Fsp3) is 0.300. The van der Waals surface area contributed by atoms with Gasteiger partial charge in [-0.05, 0) is 42.8 Å². The number of halogens is 2. The average Bonchev–Trinajstić information content (AvgIpc) is 2.69. The molecule has 0 aliphatic carbocycles. The lowest BCUT2D eigenvalue weighted by Crippen LogP contribution is -2.50. The van der Waals surface area contributed by atoms with Crippen LogP contribution in [0.2, 0.25) is 0 Å². The number of sulfonamides is 1. The maximum absolute atomic E-state index is 13.2. The molecule has 2 amide bonds. The Hall–Kier alpha value is -1.91. The van der Waals surface area contributed by atoms with Crippen molar-refractivity contribution in [3.8, 4) is 0 Å². The minimum Gasteiger partial charge on any atom is -0.357 e. The molecule has 2 rings (SSSR count). The fourth-order valence-electron chi connectivity index (χ4n) is 2.82. The van der Waals surface area contributed by atoms with E-state index in [9.17, 15) is 18.0 Å². The highest BCUT2D eigenvalue weighted by Crippen LogP contribution is 2.23. The smallest absolute Gasteiger partial charge is 0.244 e. The molecule has 2 aromatic rings. The number of rotatable bonds is 8. The maximum atomic E-state index is 13.2. The summed E-state index contributed by atoms with van der Waals surface area (Å²) in [5.74, 6) is -0.826. The minimum atomic E-state index is -3.74. The highest BCUT2D eigenvalue weighted by Gasteiger charge is 2.29. The number of likely N-dealkylation sites (N-methyl/N-ethyl adjacent to an activating group) is 1. The Balaban J connectivity index is 2.36. The first-order chi connectivity index (χ1) is 14.0. The Morgan fingerprint density at radius 2 is 1.70 bits per heavy atom. The van der Waals surface area contributed by atoms with E-state index < -0.39 is 28.5 Å². The van der Waals surface area contributed by atoms with Crippen LogP contribution in [0.5, 0.6) is 0 Å². The fourth-order valence-corrected chi connectivity index (χ4v) is 4.32. The highest BCUT2D eigenvalue weighted by atomic mass is 79.9. The van der Waals surface area contributed by atoms with E-state index in [1.807, 2.05) is 24.3 Å². The second-order valence-corrected chi connectivity index (χ2v) is 10.4. The molecular weight excluding hydrogens is 538 g/mol. The third kappa shape index (κ3) is 6.55. The second kappa shape index (κ2) is 10.4. The van der Waals surface area contributed by atoms with E-state index in [-0.39, 0.29) is 12.5 Å². The summed E-state index contributed by atoms with van der Waals surface area (Å²) in [5, 5.41) is 2.54. The Morgan fingerprint density at radius 1 is 1.07 bits per heavy atom. The van der Waals surface area contributed by atoms with Gasteiger partial charge in [0.2, 0.25) is 21.8 Å². The number of benzene rings is 2. The Labute approximate surface area is 193 Å². The van der Waals surface area contributed by atoms with Crippen molar-refractivity contribution in [2.24, 2.45) is 0 Å². The first-order valence-corrected chi connectivity index (χ1v) is 12.4. The Bertz CT molecular complexity index is 1010. The Morgan fingerprint density at radius 3 is 2.23 bits per heavy atom. The topological polar surface area (TPSA) is 86.8 Å². The van der Waals surface area contributed by atoms with E-state index in [0.29, 0.717) is 10.2 Å². The first kappa shape index (κ1) is 24.4. The molecule has 0 aromatic heterocycles. The van der Waals surface area contributed by atoms with Crippen LogP contribution in [0, 0.1) is 0 Å². The molecule has 0 spiro atoms. The van der Waals surface area contributed by atoms with Gasteiger partial charge in [-0.15, -0.1) is 0 Å². The van der Waals surface area contributed by atoms with Gasteiger partial charge in [0.25, 0.3) is 0 Å². The van der Waals surface area contributed by atoms with E-state index in [1.165, 1.54) is 11.9 Å². The summed E-state index contributed by atoms with van der Waals surface area (Å²) in [6.45, 7) is 1.35. The summed E-state index contributed by atoms with van der Waals surface area (Å²) >= 11 is 6.69. The van der Waals surface area contributed by atoms with Gasteiger partial charge in [0.1, 0.15) is 12.6 Å². The molecule has 0 heterocycles. The lowest BCUT2D eigenvalue weighted by molar-refractivity contribution is -0.139. The van der Waals surface area contributed by atoms with Gasteiger partial charge in [-0.1, -0.05) is 50.1 Å². The third-order valence-corrected chi connectivity index (χ3v) is 6.62. The number of nitrogens with one attached hydrogen (secondary N) is 1. The van der Waals surface area contributed by atoms with Gasteiger partial charge in [-0.2, -0.15) is 0 Å². The van der Waals surface area contributed by atoms with Crippen LogP contribution in [0.1, 0.15) is 12.5 Å². The van der Waals surface area contributed by atoms with Gasteiger partial charge in [0.05, 0.1) is 11.9 Å². The van der Waals surface area contributed by atoms with Crippen molar-refractivity contribution < 1.29 is 18.0 Å². The van der Waals surface area contributed by atoms with Gasteiger partial charge in [0, 0.05) is 22.5 Å². The molecule has 0 unspecified atom stereocenters. The van der Waals surface area contributed by atoms with Gasteiger partial charge in [0.15, 0.2) is 0 Å². The third-order valence-electron chi connectivity index (χ3n) is 4.46. The lowest BCUT2D eigenvalue weighted by Gasteiger charge is -2.31. The van der Waals surface area contributed by atoms with Crippen molar-refractivity contribution in [3.63, 3.8) is 0 Å². The lowest BCUT2D eigenvalue weighted by atomic mass is 10.1. The van der Waals surface area contributed by atoms with E-state index in [0.717, 1.165) is 20.6 Å². The average molecular weight is 561 g/mol. The van der Waals surface area contributed by atoms with E-state index in [4.69, 9.17) is 0 Å². The predicted molar refractivity (Wildman–Crippen MR) is 125 cm³/mol. The van der Waals surface area contributed by atoms with Gasteiger partial charge >= 0.3 is 0 Å². The molecule has 0 aliphatic rings. The Kier molecular flexibility index (Phi) is 8.45. The SMILES string of the molecule is CNC(=O)[C@@H](C)N(Cc1ccc(Br)cc1)C(=O)CN(c1cccc(Br)c1)S(C)(=O)=O. The number of nitrogens with zero attached hydrogens (tertiary/aromatic N) is 2. The minimum absolute atomic E-state index is 0.163. The van der Waals surface area contributed by atoms with E-state index in [1.54, 1.807) is 31.2 Å². The quantitative estimate of drug-likeness (QED) is 0.537. The number of amides is 2. The van der Waals surface area contributed by atoms with Crippen molar-refractivity contribution in [1.82, 2.24) is 10.2 Å². The molecule has 0 saturated heterocycles. The largest absolute Gasteiger partial charge is 0.357 e. The molecule has 0 aliphatic heterocycles. The zero-order valence-corrected chi connectivity index (χ0v) is 20.8. The highest BCUT2D eigenvalue weighted by molar-refractivity contribution is 9.10.